The lowest BCUT2D eigenvalue weighted by Gasteiger charge is -2.16. The van der Waals surface area contributed by atoms with Crippen LogP contribution in [-0.4, -0.2) is 30.6 Å². The number of benzene rings is 6. The Kier molecular flexibility index (Phi) is 15.8. The monoisotopic (exact) mass is 837 g/mol. The highest BCUT2D eigenvalue weighted by molar-refractivity contribution is 5.55. The summed E-state index contributed by atoms with van der Waals surface area (Å²) in [6.45, 7) is 20.2. The summed E-state index contributed by atoms with van der Waals surface area (Å²) < 4.78 is 0. The molecule has 0 saturated heterocycles. The van der Waals surface area contributed by atoms with Gasteiger partial charge in [-0.15, -0.1) is 0 Å². The van der Waals surface area contributed by atoms with Gasteiger partial charge in [0.25, 0.3) is 0 Å². The van der Waals surface area contributed by atoms with E-state index in [0.717, 1.165) is 116 Å². The van der Waals surface area contributed by atoms with Crippen molar-refractivity contribution in [2.24, 2.45) is 0 Å². The van der Waals surface area contributed by atoms with Crippen molar-refractivity contribution >= 4 is 0 Å². The Balaban J connectivity index is 0.000000234. The molecular weight excluding hydrogens is 769 g/mol. The highest BCUT2D eigenvalue weighted by Gasteiger charge is 2.19. The van der Waals surface area contributed by atoms with Crippen LogP contribution in [0.25, 0.3) is 0 Å². The molecule has 6 N–H and O–H groups in total. The van der Waals surface area contributed by atoms with Crippen LogP contribution in [-0.2, 0) is 64.2 Å². The highest BCUT2D eigenvalue weighted by Crippen LogP contribution is 2.37. The summed E-state index contributed by atoms with van der Waals surface area (Å²) in [6.07, 6.45) is 7.14. The Morgan fingerprint density at radius 2 is 0.387 bits per heavy atom. The van der Waals surface area contributed by atoms with Gasteiger partial charge in [0.15, 0.2) is 0 Å². The van der Waals surface area contributed by atoms with Crippen molar-refractivity contribution in [2.75, 3.05) is 0 Å². The molecule has 6 nitrogen and oxygen atoms in total. The fourth-order valence-corrected chi connectivity index (χ4v) is 8.52. The van der Waals surface area contributed by atoms with Gasteiger partial charge in [-0.1, -0.05) is 114 Å². The number of aryl methyl sites for hydroxylation is 10. The van der Waals surface area contributed by atoms with Gasteiger partial charge in [0, 0.05) is 25.7 Å². The Labute approximate surface area is 370 Å². The summed E-state index contributed by atoms with van der Waals surface area (Å²) in [6, 6.07) is 24.3. The molecule has 6 aromatic carbocycles. The zero-order valence-electron chi connectivity index (χ0n) is 38.7. The molecule has 0 aliphatic carbocycles. The number of rotatable bonds is 14. The molecule has 0 bridgehead atoms. The van der Waals surface area contributed by atoms with E-state index in [2.05, 4.69) is 41.5 Å². The molecule has 328 valence electrons. The molecule has 0 fully saturated rings. The molecular formula is C56H68O6. The van der Waals surface area contributed by atoms with Crippen molar-refractivity contribution in [3.05, 3.63) is 173 Å². The largest absolute Gasteiger partial charge is 0.507 e. The summed E-state index contributed by atoms with van der Waals surface area (Å²) in [5, 5.41) is 64.7. The lowest BCUT2D eigenvalue weighted by Crippen LogP contribution is -2.00. The van der Waals surface area contributed by atoms with E-state index in [1.165, 1.54) is 22.3 Å². The van der Waals surface area contributed by atoms with Gasteiger partial charge in [-0.25, -0.2) is 0 Å². The Hall–Kier alpha value is -5.88. The van der Waals surface area contributed by atoms with Gasteiger partial charge in [-0.05, 0) is 166 Å². The zero-order valence-corrected chi connectivity index (χ0v) is 38.7. The standard InChI is InChI=1S/2C28H34O3/c2*1-6-19-9-17(4)26(29)22(11-19)15-24-13-21(8-3)14-25(28(24)31)16-23-12-20(7-2)10-18(5)27(23)30/h2*9-14,29-31H,6-8,15-16H2,1-5H3. The number of aromatic hydroxyl groups is 6. The van der Waals surface area contributed by atoms with Gasteiger partial charge in [0.1, 0.15) is 34.5 Å². The number of phenols is 6. The smallest absolute Gasteiger partial charge is 0.122 e. The zero-order chi connectivity index (χ0) is 45.4. The quantitative estimate of drug-likeness (QED) is 0.0650. The predicted molar refractivity (Wildman–Crippen MR) is 255 cm³/mol. The molecule has 0 unspecified atom stereocenters. The summed E-state index contributed by atoms with van der Waals surface area (Å²) >= 11 is 0. The second-order valence-electron chi connectivity index (χ2n) is 17.0. The Bertz CT molecular complexity index is 2200. The molecule has 6 rings (SSSR count). The van der Waals surface area contributed by atoms with Crippen molar-refractivity contribution in [3.63, 3.8) is 0 Å². The normalized spacial score (nSPS) is 11.1. The minimum Gasteiger partial charge on any atom is -0.507 e. The number of hydrogen-bond donors (Lipinski definition) is 6. The second kappa shape index (κ2) is 20.8. The van der Waals surface area contributed by atoms with Crippen LogP contribution in [0.15, 0.2) is 72.8 Å². The van der Waals surface area contributed by atoms with Crippen LogP contribution in [0.2, 0.25) is 0 Å². The van der Waals surface area contributed by atoms with Crippen LogP contribution in [0.1, 0.15) is 142 Å². The van der Waals surface area contributed by atoms with Crippen molar-refractivity contribution in [3.8, 4) is 34.5 Å². The molecule has 0 aliphatic heterocycles. The van der Waals surface area contributed by atoms with Crippen LogP contribution in [0.3, 0.4) is 0 Å². The van der Waals surface area contributed by atoms with Crippen molar-refractivity contribution in [1.29, 1.82) is 0 Å². The van der Waals surface area contributed by atoms with Gasteiger partial charge >= 0.3 is 0 Å². The van der Waals surface area contributed by atoms with Crippen LogP contribution < -0.4 is 0 Å². The van der Waals surface area contributed by atoms with E-state index in [4.69, 9.17) is 0 Å². The summed E-state index contributed by atoms with van der Waals surface area (Å²) in [4.78, 5) is 0. The molecule has 0 spiro atoms. The third-order valence-electron chi connectivity index (χ3n) is 12.4. The first kappa shape index (κ1) is 47.2. The SMILES string of the molecule is CCc1cc(C)c(O)c(Cc2cc(CC)cc(Cc3cc(CC)cc(C)c3O)c2O)c1.CCc1cc(C)c(O)c(Cc2cc(CC)cc(Cc3cc(CC)cc(C)c3O)c2O)c1. The predicted octanol–water partition coefficient (Wildman–Crippen LogP) is 12.6. The first-order valence-corrected chi connectivity index (χ1v) is 22.5. The van der Waals surface area contributed by atoms with E-state index >= 15 is 0 Å². The summed E-state index contributed by atoms with van der Waals surface area (Å²) in [5.41, 5.74) is 16.9. The molecule has 0 amide bonds. The molecule has 6 heteroatoms. The lowest BCUT2D eigenvalue weighted by molar-refractivity contribution is 0.453. The van der Waals surface area contributed by atoms with E-state index in [-0.39, 0.29) is 11.5 Å². The third kappa shape index (κ3) is 10.9. The van der Waals surface area contributed by atoms with E-state index in [1.54, 1.807) is 0 Å². The molecule has 62 heavy (non-hydrogen) atoms. The number of phenolic OH excluding ortho intramolecular Hbond substituents is 6. The Morgan fingerprint density at radius 3 is 0.548 bits per heavy atom. The van der Waals surface area contributed by atoms with Gasteiger partial charge in [0.2, 0.25) is 0 Å². The van der Waals surface area contributed by atoms with Crippen molar-refractivity contribution in [2.45, 2.75) is 133 Å². The van der Waals surface area contributed by atoms with E-state index < -0.39 is 0 Å². The van der Waals surface area contributed by atoms with Crippen LogP contribution in [0.4, 0.5) is 0 Å². The average Bonchev–Trinajstić information content (AvgIpc) is 3.26. The minimum absolute atomic E-state index is 0.245. The van der Waals surface area contributed by atoms with Crippen molar-refractivity contribution in [1.82, 2.24) is 0 Å². The fourth-order valence-electron chi connectivity index (χ4n) is 8.52. The van der Waals surface area contributed by atoms with E-state index in [1.807, 2.05) is 100 Å². The third-order valence-corrected chi connectivity index (χ3v) is 12.4. The molecule has 0 saturated carbocycles. The van der Waals surface area contributed by atoms with Gasteiger partial charge < -0.3 is 30.6 Å². The molecule has 6 aromatic rings. The first-order chi connectivity index (χ1) is 29.5. The molecule has 0 aliphatic rings. The topological polar surface area (TPSA) is 121 Å². The van der Waals surface area contributed by atoms with Gasteiger partial charge in [-0.2, -0.15) is 0 Å². The Morgan fingerprint density at radius 1 is 0.242 bits per heavy atom. The molecule has 0 radical (unpaired) electrons. The molecule has 0 atom stereocenters. The van der Waals surface area contributed by atoms with E-state index in [0.29, 0.717) is 48.7 Å². The van der Waals surface area contributed by atoms with Crippen molar-refractivity contribution < 1.29 is 30.6 Å². The fraction of sp³-hybridized carbons (Fsp3) is 0.357. The van der Waals surface area contributed by atoms with Gasteiger partial charge in [-0.3, -0.25) is 0 Å². The maximum absolute atomic E-state index is 11.1. The minimum atomic E-state index is 0.245. The summed E-state index contributed by atoms with van der Waals surface area (Å²) in [7, 11) is 0. The van der Waals surface area contributed by atoms with Crippen LogP contribution in [0, 0.1) is 27.7 Å². The number of hydrogen-bond acceptors (Lipinski definition) is 6. The molecule has 0 heterocycles. The maximum Gasteiger partial charge on any atom is 0.122 e. The van der Waals surface area contributed by atoms with Crippen LogP contribution in [0.5, 0.6) is 34.5 Å². The average molecular weight is 837 g/mol. The summed E-state index contributed by atoms with van der Waals surface area (Å²) in [5.74, 6) is 1.67. The molecule has 0 aromatic heterocycles. The first-order valence-electron chi connectivity index (χ1n) is 22.5. The van der Waals surface area contributed by atoms with Gasteiger partial charge in [0.05, 0.1) is 0 Å². The second-order valence-corrected chi connectivity index (χ2v) is 17.0. The van der Waals surface area contributed by atoms with E-state index in [9.17, 15) is 30.6 Å². The highest BCUT2D eigenvalue weighted by atomic mass is 16.3. The van der Waals surface area contributed by atoms with Crippen LogP contribution >= 0.6 is 0 Å². The lowest BCUT2D eigenvalue weighted by atomic mass is 9.91. The maximum atomic E-state index is 11.1.